The third-order valence-electron chi connectivity index (χ3n) is 1.75. The molecular weight excluding hydrogens is 184 g/mol. The molecule has 0 aliphatic heterocycles. The van der Waals surface area contributed by atoms with Crippen molar-refractivity contribution in [3.63, 3.8) is 0 Å². The molecule has 1 aromatic rings. The highest BCUT2D eigenvalue weighted by Gasteiger charge is 1.99. The molecule has 72 valence electrons. The van der Waals surface area contributed by atoms with Gasteiger partial charge in [-0.2, -0.15) is 0 Å². The Hall–Kier alpha value is -0.690. The zero-order chi connectivity index (χ0) is 9.68. The Balaban J connectivity index is 2.59. The lowest BCUT2D eigenvalue weighted by Crippen LogP contribution is -1.97. The van der Waals surface area contributed by atoms with Crippen LogP contribution in [-0.4, -0.2) is 12.0 Å². The number of halogens is 1. The van der Waals surface area contributed by atoms with Gasteiger partial charge in [-0.15, -0.1) is 11.6 Å². The van der Waals surface area contributed by atoms with Crippen molar-refractivity contribution in [2.75, 3.05) is 6.61 Å². The molecule has 0 aliphatic rings. The van der Waals surface area contributed by atoms with Gasteiger partial charge in [-0.3, -0.25) is 0 Å². The van der Waals surface area contributed by atoms with E-state index < -0.39 is 0 Å². The largest absolute Gasteiger partial charge is 0.494 e. The first kappa shape index (κ1) is 10.4. The van der Waals surface area contributed by atoms with Gasteiger partial charge in [-0.1, -0.05) is 12.1 Å². The smallest absolute Gasteiger partial charge is 0.119 e. The Labute approximate surface area is 84.7 Å². The van der Waals surface area contributed by atoms with Gasteiger partial charge in [0.1, 0.15) is 5.75 Å². The minimum absolute atomic E-state index is 0.193. The molecular formula is C11H15ClO. The molecule has 2 heteroatoms. The van der Waals surface area contributed by atoms with Gasteiger partial charge in [0, 0.05) is 5.38 Å². The van der Waals surface area contributed by atoms with Crippen LogP contribution in [0.15, 0.2) is 24.3 Å². The van der Waals surface area contributed by atoms with Crippen LogP contribution in [0, 0.1) is 0 Å². The third-order valence-corrected chi connectivity index (χ3v) is 1.91. The highest BCUT2D eigenvalue weighted by molar-refractivity contribution is 6.20. The van der Waals surface area contributed by atoms with Gasteiger partial charge in [0.25, 0.3) is 0 Å². The molecule has 1 aromatic carbocycles. The fourth-order valence-corrected chi connectivity index (χ4v) is 1.39. The molecule has 0 amide bonds. The summed E-state index contributed by atoms with van der Waals surface area (Å²) < 4.78 is 5.33. The summed E-state index contributed by atoms with van der Waals surface area (Å²) in [6.45, 7) is 4.69. The molecule has 0 spiro atoms. The topological polar surface area (TPSA) is 9.23 Å². The molecule has 0 N–H and O–H groups in total. The second-order valence-corrected chi connectivity index (χ2v) is 3.81. The van der Waals surface area contributed by atoms with E-state index in [9.17, 15) is 0 Å². The van der Waals surface area contributed by atoms with Crippen LogP contribution in [0.2, 0.25) is 0 Å². The number of hydrogen-bond donors (Lipinski definition) is 0. The molecule has 0 saturated heterocycles. The molecule has 13 heavy (non-hydrogen) atoms. The van der Waals surface area contributed by atoms with Crippen molar-refractivity contribution in [2.24, 2.45) is 0 Å². The van der Waals surface area contributed by atoms with Crippen molar-refractivity contribution in [1.29, 1.82) is 0 Å². The van der Waals surface area contributed by atoms with Crippen molar-refractivity contribution >= 4 is 11.6 Å². The maximum atomic E-state index is 5.88. The summed E-state index contributed by atoms with van der Waals surface area (Å²) in [7, 11) is 0. The monoisotopic (exact) mass is 198 g/mol. The van der Waals surface area contributed by atoms with Crippen LogP contribution in [0.3, 0.4) is 0 Å². The Morgan fingerprint density at radius 2 is 1.92 bits per heavy atom. The molecule has 1 unspecified atom stereocenters. The van der Waals surface area contributed by atoms with Crippen molar-refractivity contribution in [2.45, 2.75) is 25.6 Å². The Bertz CT molecular complexity index is 241. The van der Waals surface area contributed by atoms with Crippen LogP contribution in [-0.2, 0) is 6.42 Å². The SMILES string of the molecule is CCOc1ccc(CC(C)Cl)cc1. The Morgan fingerprint density at radius 1 is 1.31 bits per heavy atom. The molecule has 0 fully saturated rings. The molecule has 0 aromatic heterocycles. The summed E-state index contributed by atoms with van der Waals surface area (Å²) in [5.74, 6) is 0.925. The second-order valence-electron chi connectivity index (χ2n) is 3.06. The van der Waals surface area contributed by atoms with Gasteiger partial charge in [0.2, 0.25) is 0 Å². The normalized spacial score (nSPS) is 12.5. The number of benzene rings is 1. The van der Waals surface area contributed by atoms with Gasteiger partial charge in [-0.05, 0) is 38.0 Å². The molecule has 1 nitrogen and oxygen atoms in total. The van der Waals surface area contributed by atoms with Crippen LogP contribution >= 0.6 is 11.6 Å². The summed E-state index contributed by atoms with van der Waals surface area (Å²) in [6, 6.07) is 8.09. The van der Waals surface area contributed by atoms with E-state index in [1.807, 2.05) is 26.0 Å². The van der Waals surface area contributed by atoms with Crippen LogP contribution in [0.4, 0.5) is 0 Å². The standard InChI is InChI=1S/C11H15ClO/c1-3-13-11-6-4-10(5-7-11)8-9(2)12/h4-7,9H,3,8H2,1-2H3. The Morgan fingerprint density at radius 3 is 2.38 bits per heavy atom. The van der Waals surface area contributed by atoms with E-state index in [-0.39, 0.29) is 5.38 Å². The molecule has 0 radical (unpaired) electrons. The lowest BCUT2D eigenvalue weighted by molar-refractivity contribution is 0.340. The molecule has 0 heterocycles. The van der Waals surface area contributed by atoms with Gasteiger partial charge >= 0.3 is 0 Å². The lowest BCUT2D eigenvalue weighted by atomic mass is 10.1. The number of rotatable bonds is 4. The highest BCUT2D eigenvalue weighted by atomic mass is 35.5. The summed E-state index contributed by atoms with van der Waals surface area (Å²) in [5.41, 5.74) is 1.26. The van der Waals surface area contributed by atoms with Gasteiger partial charge in [0.15, 0.2) is 0 Å². The highest BCUT2D eigenvalue weighted by Crippen LogP contribution is 2.14. The maximum Gasteiger partial charge on any atom is 0.119 e. The van der Waals surface area contributed by atoms with E-state index >= 15 is 0 Å². The van der Waals surface area contributed by atoms with Crippen molar-refractivity contribution in [3.05, 3.63) is 29.8 Å². The van der Waals surface area contributed by atoms with Crippen LogP contribution in [0.25, 0.3) is 0 Å². The predicted octanol–water partition coefficient (Wildman–Crippen LogP) is 3.26. The van der Waals surface area contributed by atoms with E-state index in [2.05, 4.69) is 12.1 Å². The summed E-state index contributed by atoms with van der Waals surface area (Å²) >= 11 is 5.88. The van der Waals surface area contributed by atoms with Gasteiger partial charge in [0.05, 0.1) is 6.61 Å². The molecule has 0 saturated carbocycles. The first-order chi connectivity index (χ1) is 6.22. The van der Waals surface area contributed by atoms with Crippen molar-refractivity contribution in [1.82, 2.24) is 0 Å². The van der Waals surface area contributed by atoms with Crippen LogP contribution < -0.4 is 4.74 Å². The fourth-order valence-electron chi connectivity index (χ4n) is 1.21. The molecule has 1 rings (SSSR count). The zero-order valence-electron chi connectivity index (χ0n) is 8.09. The van der Waals surface area contributed by atoms with Crippen LogP contribution in [0.1, 0.15) is 19.4 Å². The predicted molar refractivity (Wildman–Crippen MR) is 56.6 cm³/mol. The van der Waals surface area contributed by atoms with E-state index in [4.69, 9.17) is 16.3 Å². The van der Waals surface area contributed by atoms with Gasteiger partial charge < -0.3 is 4.74 Å². The quantitative estimate of drug-likeness (QED) is 0.675. The van der Waals surface area contributed by atoms with E-state index in [1.165, 1.54) is 5.56 Å². The third kappa shape index (κ3) is 3.69. The first-order valence-corrected chi connectivity index (χ1v) is 5.02. The minimum atomic E-state index is 0.193. The first-order valence-electron chi connectivity index (χ1n) is 4.58. The Kier molecular flexibility index (Phi) is 4.10. The zero-order valence-corrected chi connectivity index (χ0v) is 8.84. The maximum absolute atomic E-state index is 5.88. The van der Waals surface area contributed by atoms with E-state index in [0.29, 0.717) is 6.61 Å². The summed E-state index contributed by atoms with van der Waals surface area (Å²) in [5, 5.41) is 0.193. The number of ether oxygens (including phenoxy) is 1. The van der Waals surface area contributed by atoms with Crippen molar-refractivity contribution < 1.29 is 4.74 Å². The summed E-state index contributed by atoms with van der Waals surface area (Å²) in [6.07, 6.45) is 0.911. The van der Waals surface area contributed by atoms with E-state index in [1.54, 1.807) is 0 Å². The average Bonchev–Trinajstić information content (AvgIpc) is 2.08. The average molecular weight is 199 g/mol. The molecule has 0 bridgehead atoms. The van der Waals surface area contributed by atoms with E-state index in [0.717, 1.165) is 12.2 Å². The molecule has 1 atom stereocenters. The lowest BCUT2D eigenvalue weighted by Gasteiger charge is -2.05. The second kappa shape index (κ2) is 5.13. The fraction of sp³-hybridized carbons (Fsp3) is 0.455. The van der Waals surface area contributed by atoms with Crippen LogP contribution in [0.5, 0.6) is 5.75 Å². The number of alkyl halides is 1. The number of hydrogen-bond acceptors (Lipinski definition) is 1. The summed E-state index contributed by atoms with van der Waals surface area (Å²) in [4.78, 5) is 0. The molecule has 0 aliphatic carbocycles. The van der Waals surface area contributed by atoms with Crippen molar-refractivity contribution in [3.8, 4) is 5.75 Å². The minimum Gasteiger partial charge on any atom is -0.494 e. The van der Waals surface area contributed by atoms with Gasteiger partial charge in [-0.25, -0.2) is 0 Å².